The molecular formula is C67H110F3N15O21. The van der Waals surface area contributed by atoms with Crippen LogP contribution >= 0.6 is 0 Å². The summed E-state index contributed by atoms with van der Waals surface area (Å²) in [5, 5.41) is 78.3. The van der Waals surface area contributed by atoms with Gasteiger partial charge in [-0.15, -0.1) is 0 Å². The predicted octanol–water partition coefficient (Wildman–Crippen LogP) is -2.46. The number of esters is 1. The number of aliphatic imine (C=N–C) groups is 1. The number of guanidine groups is 1. The molecule has 0 saturated carbocycles. The number of primary amides is 1. The number of carboxylic acid groups (broad SMARTS) is 1. The van der Waals surface area contributed by atoms with Crippen molar-refractivity contribution in [3.63, 3.8) is 0 Å². The van der Waals surface area contributed by atoms with Crippen LogP contribution in [0.3, 0.4) is 0 Å². The van der Waals surface area contributed by atoms with Crippen LogP contribution in [-0.4, -0.2) is 225 Å². The summed E-state index contributed by atoms with van der Waals surface area (Å²) in [5.74, 6) is -20.1. The number of halogens is 3. The van der Waals surface area contributed by atoms with E-state index in [0.29, 0.717) is 0 Å². The van der Waals surface area contributed by atoms with Crippen molar-refractivity contribution in [2.24, 2.45) is 50.8 Å². The maximum Gasteiger partial charge on any atom is 0.490 e. The van der Waals surface area contributed by atoms with Gasteiger partial charge in [0.25, 0.3) is 0 Å². The van der Waals surface area contributed by atoms with Crippen molar-refractivity contribution in [2.45, 2.75) is 246 Å². The van der Waals surface area contributed by atoms with Crippen molar-refractivity contribution in [3.05, 3.63) is 35.9 Å². The second-order valence-corrected chi connectivity index (χ2v) is 29.7. The first kappa shape index (κ1) is 94.5. The van der Waals surface area contributed by atoms with Crippen LogP contribution in [0.1, 0.15) is 161 Å². The number of aliphatic hydroxyl groups excluding tert-OH is 4. The monoisotopic (exact) mass is 1520 g/mol. The zero-order valence-electron chi connectivity index (χ0n) is 62.6. The van der Waals surface area contributed by atoms with Gasteiger partial charge in [-0.3, -0.25) is 57.7 Å². The van der Waals surface area contributed by atoms with E-state index in [1.54, 1.807) is 90.0 Å². The number of hydrogen-bond acceptors (Lipinski definition) is 21. The second-order valence-electron chi connectivity index (χ2n) is 29.7. The van der Waals surface area contributed by atoms with Gasteiger partial charge < -0.3 is 111 Å². The topological polar surface area (TPSA) is 581 Å². The highest BCUT2D eigenvalue weighted by Crippen LogP contribution is 2.28. The Morgan fingerprint density at radius 1 is 0.642 bits per heavy atom. The number of alkyl carbamates (subject to hydrolysis) is 1. The van der Waals surface area contributed by atoms with Crippen LogP contribution in [0.15, 0.2) is 35.3 Å². The van der Waals surface area contributed by atoms with Gasteiger partial charge in [0.15, 0.2) is 24.2 Å². The first-order valence-electron chi connectivity index (χ1n) is 34.2. The van der Waals surface area contributed by atoms with E-state index in [2.05, 4.69) is 52.8 Å². The van der Waals surface area contributed by atoms with Crippen LogP contribution in [-0.2, 0) is 71.8 Å². The fraction of sp³-hybridized carbons (Fsp3) is 0.687. The van der Waals surface area contributed by atoms with Crippen LogP contribution in [0, 0.1) is 28.6 Å². The summed E-state index contributed by atoms with van der Waals surface area (Å²) in [7, 11) is 0. The van der Waals surface area contributed by atoms with E-state index >= 15 is 14.4 Å². The standard InChI is InChI=1S/C65H109N15O19.C2HF3O2/c1-17-33(6)42-56(92)78-43(34(7)82)55(91)70-29-41(83)76-45(48(85)50(66)86)58(94)74-40(30-81)60(96)98-49(35-22-19-18-20-23-35)46(80-54(90)38(27-63(8,9)10)73-53(89)39(28-64(11,12)13)75-62(97)99-65(14,15)16)59(95)79-44(47(84)32(4)5)57(93)72-37(26-31(2)3)52(88)71-36(51(87)77-42)24-21-25-69-61(67)68;3-2(4,5)1(6)7/h18-20,22-23,31-34,36-40,42-49,81-82,84-85H,17,21,24-30H2,1-16H3,(H2,66,86)(H,70,91)(H,71,88)(H,72,93)(H,73,89)(H,74,94)(H,75,97)(H,76,83)(H,77,87)(H,78,92)(H,79,95)(H,80,90)(H4,67,68,69);(H,6,7)/t33-,34-,36+,37-,38-,39-,40-,42?,43-,44-,45-,46-,47+,48-,49+;/m0./s1. The smallest absolute Gasteiger partial charge is 0.475 e. The highest BCUT2D eigenvalue weighted by atomic mass is 19.4. The van der Waals surface area contributed by atoms with E-state index in [4.69, 9.17) is 36.6 Å². The third-order valence-corrected chi connectivity index (χ3v) is 15.6. The van der Waals surface area contributed by atoms with Gasteiger partial charge in [0.05, 0.1) is 25.4 Å². The molecule has 39 heteroatoms. The van der Waals surface area contributed by atoms with Crippen molar-refractivity contribution in [3.8, 4) is 0 Å². The molecule has 1 aliphatic rings. The molecule has 0 bridgehead atoms. The molecule has 22 N–H and O–H groups in total. The lowest BCUT2D eigenvalue weighted by Gasteiger charge is -2.34. The number of nitrogens with two attached hydrogens (primary N) is 3. The molecule has 1 aliphatic heterocycles. The number of carbonyl (C=O) groups is 14. The summed E-state index contributed by atoms with van der Waals surface area (Å²) in [6.07, 6.45) is -14.7. The maximum absolute atomic E-state index is 15.6. The number of nitrogens with one attached hydrogen (secondary N) is 11. The molecule has 1 aromatic rings. The molecule has 2 rings (SSSR count). The molecule has 600 valence electrons. The zero-order chi connectivity index (χ0) is 81.9. The zero-order valence-corrected chi connectivity index (χ0v) is 62.6. The Kier molecular flexibility index (Phi) is 38.0. The Labute approximate surface area is 613 Å². The van der Waals surface area contributed by atoms with Crippen LogP contribution in [0.4, 0.5) is 18.0 Å². The fourth-order valence-corrected chi connectivity index (χ4v) is 10.0. The number of carboxylic acids is 1. The number of ether oxygens (including phenoxy) is 2. The highest BCUT2D eigenvalue weighted by Gasteiger charge is 2.45. The van der Waals surface area contributed by atoms with Crippen molar-refractivity contribution in [1.82, 2.24) is 58.5 Å². The number of benzene rings is 1. The summed E-state index contributed by atoms with van der Waals surface area (Å²) in [6.45, 7) is 23.5. The van der Waals surface area contributed by atoms with Crippen LogP contribution < -0.4 is 75.7 Å². The molecule has 0 aromatic heterocycles. The second kappa shape index (κ2) is 42.6. The van der Waals surface area contributed by atoms with E-state index in [9.17, 15) is 81.5 Å². The highest BCUT2D eigenvalue weighted by molar-refractivity contribution is 6.00. The van der Waals surface area contributed by atoms with Crippen LogP contribution in [0.5, 0.6) is 0 Å². The van der Waals surface area contributed by atoms with Crippen molar-refractivity contribution in [1.29, 1.82) is 0 Å². The molecule has 0 aliphatic carbocycles. The van der Waals surface area contributed by atoms with E-state index in [0.717, 1.165) is 6.92 Å². The Hall–Kier alpha value is -9.50. The molecule has 1 unspecified atom stereocenters. The minimum absolute atomic E-state index is 0.00357. The quantitative estimate of drug-likeness (QED) is 0.0248. The average molecular weight is 1520 g/mol. The van der Waals surface area contributed by atoms with Gasteiger partial charge in [0.2, 0.25) is 65.0 Å². The Balaban J connectivity index is 0.00000760. The molecule has 1 saturated heterocycles. The lowest BCUT2D eigenvalue weighted by molar-refractivity contribution is -0.192. The van der Waals surface area contributed by atoms with Gasteiger partial charge in [-0.2, -0.15) is 13.2 Å². The molecule has 0 spiro atoms. The largest absolute Gasteiger partial charge is 0.490 e. The fourth-order valence-electron chi connectivity index (χ4n) is 10.0. The number of hydrogen-bond donors (Lipinski definition) is 19. The minimum atomic E-state index is -5.08. The number of aliphatic hydroxyl groups is 4. The molecular weight excluding hydrogens is 1410 g/mol. The Morgan fingerprint density at radius 3 is 1.60 bits per heavy atom. The summed E-state index contributed by atoms with van der Waals surface area (Å²) in [5.41, 5.74) is 13.9. The van der Waals surface area contributed by atoms with Crippen LogP contribution in [0.25, 0.3) is 0 Å². The van der Waals surface area contributed by atoms with Crippen molar-refractivity contribution < 1.29 is 115 Å². The molecule has 15 atom stereocenters. The number of rotatable bonds is 22. The normalized spacial score (nSPS) is 23.0. The SMILES string of the molecule is CC[C@H](C)C1NC(=O)[C@@H](CCCN=C(N)N)NC(=O)[C@H](CC(C)C)NC(=O)[C@H]([C@H](O)C(C)C)NC(=O)[C@@H](NC(=O)[C@H](CC(C)(C)C)NC(=O)[C@H](CC(C)(C)C)NC(=O)OC(C)(C)C)[C@@H](c2ccccc2)OC(=O)[C@H](CO)NC(=O)[C@H]([C@H](O)C(N)=O)NC(=O)CNC(=O)[C@H]([C@H](C)O)NC1=O.O=C(O)C(F)(F)F. The maximum atomic E-state index is 15.6. The number of amides is 12. The number of alkyl halides is 3. The van der Waals surface area contributed by atoms with Gasteiger partial charge >= 0.3 is 24.2 Å². The molecule has 36 nitrogen and oxygen atoms in total. The molecule has 106 heavy (non-hydrogen) atoms. The molecule has 1 aromatic carbocycles. The molecule has 1 heterocycles. The summed E-state index contributed by atoms with van der Waals surface area (Å²) in [6, 6.07) is -11.6. The number of aliphatic carboxylic acids is 1. The average Bonchev–Trinajstić information content (AvgIpc) is 0.812. The van der Waals surface area contributed by atoms with Crippen LogP contribution in [0.2, 0.25) is 0 Å². The molecule has 0 radical (unpaired) electrons. The van der Waals surface area contributed by atoms with E-state index in [1.165, 1.54) is 44.2 Å². The number of nitrogens with zero attached hydrogens (tertiary/aromatic N) is 1. The van der Waals surface area contributed by atoms with Gasteiger partial charge in [-0.1, -0.05) is 120 Å². The lowest BCUT2D eigenvalue weighted by atomic mass is 9.86. The summed E-state index contributed by atoms with van der Waals surface area (Å²) >= 11 is 0. The van der Waals surface area contributed by atoms with Crippen molar-refractivity contribution in [2.75, 3.05) is 19.7 Å². The van der Waals surface area contributed by atoms with E-state index in [-0.39, 0.29) is 56.6 Å². The van der Waals surface area contributed by atoms with E-state index in [1.807, 2.05) is 10.6 Å². The molecule has 12 amide bonds. The Bertz CT molecular complexity index is 3210. The Morgan fingerprint density at radius 2 is 1.13 bits per heavy atom. The summed E-state index contributed by atoms with van der Waals surface area (Å²) in [4.78, 5) is 199. The first-order valence-corrected chi connectivity index (χ1v) is 34.2. The lowest BCUT2D eigenvalue weighted by Crippen LogP contribution is -2.64. The first-order chi connectivity index (χ1) is 48.6. The third kappa shape index (κ3) is 34.2. The van der Waals surface area contributed by atoms with Crippen molar-refractivity contribution >= 4 is 89.0 Å². The number of carbonyl (C=O) groups excluding carboxylic acids is 13. The summed E-state index contributed by atoms with van der Waals surface area (Å²) < 4.78 is 43.2. The van der Waals surface area contributed by atoms with Gasteiger partial charge in [0.1, 0.15) is 60.0 Å². The predicted molar refractivity (Wildman–Crippen MR) is 374 cm³/mol. The van der Waals surface area contributed by atoms with E-state index < -0.39 is 221 Å². The van der Waals surface area contributed by atoms with Gasteiger partial charge in [0, 0.05) is 6.54 Å². The van der Waals surface area contributed by atoms with Gasteiger partial charge in [-0.25, -0.2) is 14.4 Å². The minimum Gasteiger partial charge on any atom is -0.475 e. The molecule has 1 fully saturated rings. The third-order valence-electron chi connectivity index (χ3n) is 15.6. The number of cyclic esters (lactones) is 1. The van der Waals surface area contributed by atoms with Gasteiger partial charge in [-0.05, 0) is 93.9 Å².